The molecule has 0 saturated carbocycles. The van der Waals surface area contributed by atoms with E-state index in [1.54, 1.807) is 0 Å². The minimum absolute atomic E-state index is 0.0536. The molecule has 2 nitrogen and oxygen atoms in total. The lowest BCUT2D eigenvalue weighted by atomic mass is 9.79. The van der Waals surface area contributed by atoms with Crippen molar-refractivity contribution in [2.24, 2.45) is 5.92 Å². The van der Waals surface area contributed by atoms with Gasteiger partial charge in [-0.2, -0.15) is 0 Å². The SMILES string of the molecule is C=CC1CC2CC[C@@]1(CO[Si](C)(C)C(C)(C)C)O2. The van der Waals surface area contributed by atoms with E-state index in [0.717, 1.165) is 19.4 Å². The van der Waals surface area contributed by atoms with Crippen molar-refractivity contribution in [2.45, 2.75) is 69.9 Å². The van der Waals surface area contributed by atoms with Crippen LogP contribution >= 0.6 is 0 Å². The van der Waals surface area contributed by atoms with E-state index in [-0.39, 0.29) is 10.6 Å². The van der Waals surface area contributed by atoms with Crippen molar-refractivity contribution in [1.82, 2.24) is 0 Å². The maximum atomic E-state index is 6.40. The normalized spacial score (nSPS) is 36.1. The Hall–Kier alpha value is -0.123. The molecule has 3 heteroatoms. The van der Waals surface area contributed by atoms with Gasteiger partial charge in [-0.1, -0.05) is 26.8 Å². The summed E-state index contributed by atoms with van der Waals surface area (Å²) in [6, 6.07) is 0. The van der Waals surface area contributed by atoms with Gasteiger partial charge in [0.05, 0.1) is 18.3 Å². The highest BCUT2D eigenvalue weighted by molar-refractivity contribution is 6.74. The number of hydrogen-bond acceptors (Lipinski definition) is 2. The number of hydrogen-bond donors (Lipinski definition) is 0. The molecule has 3 atom stereocenters. The highest BCUT2D eigenvalue weighted by Gasteiger charge is 2.53. The van der Waals surface area contributed by atoms with Gasteiger partial charge in [0.15, 0.2) is 8.32 Å². The lowest BCUT2D eigenvalue weighted by Crippen LogP contribution is -2.47. The number of rotatable bonds is 4. The van der Waals surface area contributed by atoms with Crippen LogP contribution in [0, 0.1) is 5.92 Å². The molecule has 0 aromatic rings. The lowest BCUT2D eigenvalue weighted by molar-refractivity contribution is -0.0366. The van der Waals surface area contributed by atoms with Gasteiger partial charge in [-0.25, -0.2) is 0 Å². The fourth-order valence-electron chi connectivity index (χ4n) is 2.84. The van der Waals surface area contributed by atoms with Gasteiger partial charge in [0.1, 0.15) is 0 Å². The van der Waals surface area contributed by atoms with Crippen LogP contribution < -0.4 is 0 Å². The molecule has 2 rings (SSSR count). The number of fused-ring (bicyclic) bond motifs is 2. The van der Waals surface area contributed by atoms with Gasteiger partial charge in [0.2, 0.25) is 0 Å². The average molecular weight is 268 g/mol. The van der Waals surface area contributed by atoms with Gasteiger partial charge < -0.3 is 9.16 Å². The highest BCUT2D eigenvalue weighted by Crippen LogP contribution is 2.49. The van der Waals surface area contributed by atoms with E-state index in [0.29, 0.717) is 12.0 Å². The first-order valence-electron chi connectivity index (χ1n) is 7.14. The Morgan fingerprint density at radius 1 is 1.44 bits per heavy atom. The topological polar surface area (TPSA) is 18.5 Å². The van der Waals surface area contributed by atoms with Crippen molar-refractivity contribution in [3.8, 4) is 0 Å². The fourth-order valence-corrected chi connectivity index (χ4v) is 3.87. The molecule has 0 aliphatic carbocycles. The standard InChI is InChI=1S/C15H28O2Si/c1-7-12-10-13-8-9-15(12,17-13)11-16-18(5,6)14(2,3)4/h7,12-13H,1,8-11H2,2-6H3/t12?,13?,15-/m0/s1. The monoisotopic (exact) mass is 268 g/mol. The first kappa shape index (κ1) is 14.3. The van der Waals surface area contributed by atoms with Gasteiger partial charge in [-0.05, 0) is 37.4 Å². The van der Waals surface area contributed by atoms with Crippen molar-refractivity contribution in [3.05, 3.63) is 12.7 Å². The first-order valence-corrected chi connectivity index (χ1v) is 10.1. The Morgan fingerprint density at radius 2 is 2.11 bits per heavy atom. The van der Waals surface area contributed by atoms with Crippen LogP contribution in [-0.4, -0.2) is 26.6 Å². The minimum atomic E-state index is -1.67. The van der Waals surface area contributed by atoms with E-state index >= 15 is 0 Å². The number of ether oxygens (including phenoxy) is 1. The maximum absolute atomic E-state index is 6.40. The van der Waals surface area contributed by atoms with Gasteiger partial charge in [0.25, 0.3) is 0 Å². The third-order valence-electron chi connectivity index (χ3n) is 5.25. The largest absolute Gasteiger partial charge is 0.414 e. The molecule has 0 radical (unpaired) electrons. The second-order valence-electron chi connectivity index (χ2n) is 7.47. The molecule has 0 aromatic carbocycles. The third-order valence-corrected chi connectivity index (χ3v) is 9.73. The van der Waals surface area contributed by atoms with Crippen LogP contribution in [0.3, 0.4) is 0 Å². The summed E-state index contributed by atoms with van der Waals surface area (Å²) in [6.45, 7) is 16.2. The van der Waals surface area contributed by atoms with Gasteiger partial charge in [-0.15, -0.1) is 6.58 Å². The molecular formula is C15H28O2Si. The summed E-state index contributed by atoms with van der Waals surface area (Å²) in [5, 5.41) is 0.268. The molecular weight excluding hydrogens is 240 g/mol. The first-order chi connectivity index (χ1) is 8.20. The van der Waals surface area contributed by atoms with E-state index in [1.165, 1.54) is 6.42 Å². The molecule has 2 fully saturated rings. The van der Waals surface area contributed by atoms with Crippen LogP contribution in [0.15, 0.2) is 12.7 Å². The molecule has 0 aromatic heterocycles. The molecule has 0 spiro atoms. The Balaban J connectivity index is 2.03. The predicted octanol–water partition coefficient (Wildman–Crippen LogP) is 4.13. The van der Waals surface area contributed by atoms with Crippen molar-refractivity contribution in [1.29, 1.82) is 0 Å². The molecule has 2 bridgehead atoms. The van der Waals surface area contributed by atoms with Crippen LogP contribution in [0.4, 0.5) is 0 Å². The van der Waals surface area contributed by atoms with Crippen molar-refractivity contribution in [2.75, 3.05) is 6.61 Å². The van der Waals surface area contributed by atoms with Gasteiger partial charge >= 0.3 is 0 Å². The third kappa shape index (κ3) is 2.32. The van der Waals surface area contributed by atoms with Crippen LogP contribution in [0.25, 0.3) is 0 Å². The second-order valence-corrected chi connectivity index (χ2v) is 12.3. The molecule has 2 aliphatic rings. The Bertz CT molecular complexity index is 332. The molecule has 2 unspecified atom stereocenters. The average Bonchev–Trinajstić information content (AvgIpc) is 2.82. The molecule has 18 heavy (non-hydrogen) atoms. The fraction of sp³-hybridized carbons (Fsp3) is 0.867. The molecule has 2 heterocycles. The summed E-state index contributed by atoms with van der Waals surface area (Å²) >= 11 is 0. The van der Waals surface area contributed by atoms with Gasteiger partial charge in [0, 0.05) is 5.92 Å². The summed E-state index contributed by atoms with van der Waals surface area (Å²) in [7, 11) is -1.67. The highest BCUT2D eigenvalue weighted by atomic mass is 28.4. The lowest BCUT2D eigenvalue weighted by Gasteiger charge is -2.40. The van der Waals surface area contributed by atoms with Crippen LogP contribution in [0.1, 0.15) is 40.0 Å². The Morgan fingerprint density at radius 3 is 2.61 bits per heavy atom. The Kier molecular flexibility index (Phi) is 3.54. The molecule has 2 aliphatic heterocycles. The second kappa shape index (κ2) is 4.46. The van der Waals surface area contributed by atoms with Crippen LogP contribution in [-0.2, 0) is 9.16 Å². The zero-order valence-corrected chi connectivity index (χ0v) is 13.6. The van der Waals surface area contributed by atoms with Crippen molar-refractivity contribution >= 4 is 8.32 Å². The molecule has 104 valence electrons. The predicted molar refractivity (Wildman–Crippen MR) is 78.3 cm³/mol. The van der Waals surface area contributed by atoms with Crippen molar-refractivity contribution < 1.29 is 9.16 Å². The van der Waals surface area contributed by atoms with Gasteiger partial charge in [-0.3, -0.25) is 0 Å². The summed E-state index contributed by atoms with van der Waals surface area (Å²) in [6.07, 6.45) is 6.02. The van der Waals surface area contributed by atoms with E-state index < -0.39 is 8.32 Å². The molecule has 0 amide bonds. The Labute approximate surface area is 113 Å². The summed E-state index contributed by atoms with van der Waals surface area (Å²) in [5.74, 6) is 0.487. The molecule has 0 N–H and O–H groups in total. The van der Waals surface area contributed by atoms with Crippen LogP contribution in [0.2, 0.25) is 18.1 Å². The maximum Gasteiger partial charge on any atom is 0.192 e. The summed E-state index contributed by atoms with van der Waals surface area (Å²) < 4.78 is 12.6. The van der Waals surface area contributed by atoms with Crippen LogP contribution in [0.5, 0.6) is 0 Å². The van der Waals surface area contributed by atoms with E-state index in [9.17, 15) is 0 Å². The minimum Gasteiger partial charge on any atom is -0.414 e. The smallest absolute Gasteiger partial charge is 0.192 e. The van der Waals surface area contributed by atoms with E-state index in [2.05, 4.69) is 46.5 Å². The zero-order valence-electron chi connectivity index (χ0n) is 12.6. The van der Waals surface area contributed by atoms with E-state index in [1.807, 2.05) is 0 Å². The molecule has 2 saturated heterocycles. The summed E-state index contributed by atoms with van der Waals surface area (Å²) in [5.41, 5.74) is -0.0536. The van der Waals surface area contributed by atoms with E-state index in [4.69, 9.17) is 9.16 Å². The summed E-state index contributed by atoms with van der Waals surface area (Å²) in [4.78, 5) is 0. The quantitative estimate of drug-likeness (QED) is 0.564. The zero-order chi connectivity index (χ0) is 13.6. The van der Waals surface area contributed by atoms with Crippen molar-refractivity contribution in [3.63, 3.8) is 0 Å².